The van der Waals surface area contributed by atoms with Crippen LogP contribution in [-0.2, 0) is 22.5 Å². The molecular formula is C25H32N2O2. The molecule has 2 aliphatic rings. The zero-order chi connectivity index (χ0) is 20.1. The number of benzene rings is 2. The maximum Gasteiger partial charge on any atom is 0.221 e. The van der Waals surface area contributed by atoms with E-state index in [9.17, 15) is 4.79 Å². The third-order valence-electron chi connectivity index (χ3n) is 6.67. The van der Waals surface area contributed by atoms with Gasteiger partial charge in [0.05, 0.1) is 6.10 Å². The molecule has 2 aromatic carbocycles. The summed E-state index contributed by atoms with van der Waals surface area (Å²) >= 11 is 0. The molecule has 0 saturated carbocycles. The van der Waals surface area contributed by atoms with E-state index in [1.54, 1.807) is 0 Å². The second-order valence-corrected chi connectivity index (χ2v) is 8.65. The lowest BCUT2D eigenvalue weighted by Crippen LogP contribution is -2.51. The maximum absolute atomic E-state index is 11.2. The first-order chi connectivity index (χ1) is 14.1. The number of hydrogen-bond donors (Lipinski definition) is 1. The van der Waals surface area contributed by atoms with Gasteiger partial charge in [-0.05, 0) is 73.9 Å². The Morgan fingerprint density at radius 2 is 1.76 bits per heavy atom. The number of hydrogen-bond acceptors (Lipinski definition) is 3. The lowest BCUT2D eigenvalue weighted by atomic mass is 9.68. The number of amides is 1. The molecule has 4 rings (SSSR count). The van der Waals surface area contributed by atoms with Crippen LogP contribution in [0.1, 0.15) is 43.7 Å². The van der Waals surface area contributed by atoms with Gasteiger partial charge in [-0.15, -0.1) is 0 Å². The summed E-state index contributed by atoms with van der Waals surface area (Å²) in [6.45, 7) is 5.70. The zero-order valence-corrected chi connectivity index (χ0v) is 17.4. The predicted octanol–water partition coefficient (Wildman–Crippen LogP) is 4.65. The number of rotatable bonds is 7. The van der Waals surface area contributed by atoms with Gasteiger partial charge < -0.3 is 10.1 Å². The Morgan fingerprint density at radius 3 is 2.34 bits per heavy atom. The van der Waals surface area contributed by atoms with Gasteiger partial charge in [0.15, 0.2) is 0 Å². The molecule has 2 fully saturated rings. The van der Waals surface area contributed by atoms with Crippen LogP contribution in [0.25, 0.3) is 0 Å². The largest absolute Gasteiger partial charge is 0.377 e. The summed E-state index contributed by atoms with van der Waals surface area (Å²) in [7, 11) is 0. The standard InChI is InChI=1S/C25H32N2O2/c1-20(28)26-23-9-7-22(8-10-23)19-27-16-14-25(15-17-27,24-12-18-29-24)13-11-21-5-3-2-4-6-21/h2-10,24H,11-19H2,1H3,(H,26,28)/t24-/m0/s1. The van der Waals surface area contributed by atoms with Crippen molar-refractivity contribution in [3.8, 4) is 0 Å². The van der Waals surface area contributed by atoms with Gasteiger partial charge in [-0.3, -0.25) is 9.69 Å². The normalized spacial score (nSPS) is 21.3. The van der Waals surface area contributed by atoms with Gasteiger partial charge in [0.25, 0.3) is 0 Å². The summed E-state index contributed by atoms with van der Waals surface area (Å²) in [5.41, 5.74) is 3.94. The van der Waals surface area contributed by atoms with Crippen LogP contribution in [0.4, 0.5) is 5.69 Å². The Hall–Kier alpha value is -2.17. The first-order valence-electron chi connectivity index (χ1n) is 10.9. The Labute approximate surface area is 174 Å². The van der Waals surface area contributed by atoms with E-state index in [-0.39, 0.29) is 5.91 Å². The predicted molar refractivity (Wildman–Crippen MR) is 117 cm³/mol. The van der Waals surface area contributed by atoms with Crippen molar-refractivity contribution in [2.75, 3.05) is 25.0 Å². The molecule has 2 saturated heterocycles. The summed E-state index contributed by atoms with van der Waals surface area (Å²) < 4.78 is 6.01. The van der Waals surface area contributed by atoms with E-state index in [0.29, 0.717) is 11.5 Å². The highest BCUT2D eigenvalue weighted by molar-refractivity contribution is 5.88. The number of carbonyl (C=O) groups excluding carboxylic acids is 1. The van der Waals surface area contributed by atoms with Gasteiger partial charge in [0.2, 0.25) is 5.91 Å². The van der Waals surface area contributed by atoms with Crippen molar-refractivity contribution in [1.29, 1.82) is 0 Å². The summed E-state index contributed by atoms with van der Waals surface area (Å²) in [5.74, 6) is -0.0289. The second kappa shape index (κ2) is 9.10. The smallest absolute Gasteiger partial charge is 0.221 e. The SMILES string of the molecule is CC(=O)Nc1ccc(CN2CCC(CCc3ccccc3)([C@@H]3CCO3)CC2)cc1. The van der Waals surface area contributed by atoms with E-state index >= 15 is 0 Å². The molecule has 2 aromatic rings. The van der Waals surface area contributed by atoms with Gasteiger partial charge in [-0.25, -0.2) is 0 Å². The lowest BCUT2D eigenvalue weighted by Gasteiger charge is -2.50. The van der Waals surface area contributed by atoms with Crippen molar-refractivity contribution >= 4 is 11.6 Å². The number of nitrogens with one attached hydrogen (secondary N) is 1. The second-order valence-electron chi connectivity index (χ2n) is 8.65. The van der Waals surface area contributed by atoms with Gasteiger partial charge in [-0.2, -0.15) is 0 Å². The fraction of sp³-hybridized carbons (Fsp3) is 0.480. The van der Waals surface area contributed by atoms with Crippen molar-refractivity contribution in [3.63, 3.8) is 0 Å². The lowest BCUT2D eigenvalue weighted by molar-refractivity contribution is -0.148. The highest BCUT2D eigenvalue weighted by Gasteiger charge is 2.44. The molecule has 0 aromatic heterocycles. The molecule has 0 radical (unpaired) electrons. The molecular weight excluding hydrogens is 360 g/mol. The Kier molecular flexibility index (Phi) is 6.31. The molecule has 1 atom stereocenters. The van der Waals surface area contributed by atoms with Crippen LogP contribution in [0.15, 0.2) is 54.6 Å². The number of nitrogens with zero attached hydrogens (tertiary/aromatic N) is 1. The third-order valence-corrected chi connectivity index (χ3v) is 6.67. The van der Waals surface area contributed by atoms with Gasteiger partial charge >= 0.3 is 0 Å². The molecule has 2 heterocycles. The highest BCUT2D eigenvalue weighted by Crippen LogP contribution is 2.45. The fourth-order valence-corrected chi connectivity index (χ4v) is 4.80. The molecule has 2 aliphatic heterocycles. The number of likely N-dealkylation sites (tertiary alicyclic amines) is 1. The molecule has 0 aliphatic carbocycles. The van der Waals surface area contributed by atoms with Gasteiger partial charge in [0, 0.05) is 25.8 Å². The monoisotopic (exact) mass is 392 g/mol. The first kappa shape index (κ1) is 20.1. The van der Waals surface area contributed by atoms with E-state index < -0.39 is 0 Å². The minimum absolute atomic E-state index is 0.0289. The van der Waals surface area contributed by atoms with Crippen molar-refractivity contribution in [2.45, 2.75) is 51.7 Å². The minimum Gasteiger partial charge on any atom is -0.377 e. The summed E-state index contributed by atoms with van der Waals surface area (Å²) in [6.07, 6.45) is 6.47. The molecule has 0 spiro atoms. The topological polar surface area (TPSA) is 41.6 Å². The number of aryl methyl sites for hydroxylation is 1. The average Bonchev–Trinajstić information content (AvgIpc) is 2.69. The van der Waals surface area contributed by atoms with E-state index in [4.69, 9.17) is 4.74 Å². The molecule has 1 N–H and O–H groups in total. The zero-order valence-electron chi connectivity index (χ0n) is 17.4. The Balaban J connectivity index is 1.33. The van der Waals surface area contributed by atoms with Crippen molar-refractivity contribution in [3.05, 3.63) is 65.7 Å². The Morgan fingerprint density at radius 1 is 1.07 bits per heavy atom. The number of carbonyl (C=O) groups is 1. The van der Waals surface area contributed by atoms with Crippen LogP contribution < -0.4 is 5.32 Å². The van der Waals surface area contributed by atoms with Crippen molar-refractivity contribution in [2.24, 2.45) is 5.41 Å². The Bertz CT molecular complexity index is 791. The molecule has 4 nitrogen and oxygen atoms in total. The maximum atomic E-state index is 11.2. The van der Waals surface area contributed by atoms with Crippen molar-refractivity contribution < 1.29 is 9.53 Å². The molecule has 4 heteroatoms. The number of ether oxygens (including phenoxy) is 1. The fourth-order valence-electron chi connectivity index (χ4n) is 4.80. The van der Waals surface area contributed by atoms with Crippen LogP contribution >= 0.6 is 0 Å². The van der Waals surface area contributed by atoms with E-state index in [2.05, 4.69) is 52.7 Å². The van der Waals surface area contributed by atoms with Crippen LogP contribution in [0.3, 0.4) is 0 Å². The summed E-state index contributed by atoms with van der Waals surface area (Å²) in [5, 5.41) is 2.83. The highest BCUT2D eigenvalue weighted by atomic mass is 16.5. The number of anilines is 1. The van der Waals surface area contributed by atoms with Crippen molar-refractivity contribution in [1.82, 2.24) is 4.90 Å². The summed E-state index contributed by atoms with van der Waals surface area (Å²) in [6, 6.07) is 19.1. The number of piperidine rings is 1. The molecule has 0 unspecified atom stereocenters. The van der Waals surface area contributed by atoms with E-state index in [0.717, 1.165) is 38.3 Å². The molecule has 154 valence electrons. The molecule has 29 heavy (non-hydrogen) atoms. The van der Waals surface area contributed by atoms with E-state index in [1.807, 2.05) is 12.1 Å². The van der Waals surface area contributed by atoms with Crippen LogP contribution in [0.2, 0.25) is 0 Å². The van der Waals surface area contributed by atoms with Crippen LogP contribution in [-0.4, -0.2) is 36.6 Å². The minimum atomic E-state index is -0.0289. The molecule has 0 bridgehead atoms. The molecule has 1 amide bonds. The van der Waals surface area contributed by atoms with Crippen LogP contribution in [0.5, 0.6) is 0 Å². The average molecular weight is 393 g/mol. The van der Waals surface area contributed by atoms with Gasteiger partial charge in [0.1, 0.15) is 0 Å². The van der Waals surface area contributed by atoms with Crippen LogP contribution in [0, 0.1) is 5.41 Å². The van der Waals surface area contributed by atoms with E-state index in [1.165, 1.54) is 43.7 Å². The third kappa shape index (κ3) is 5.06. The van der Waals surface area contributed by atoms with Gasteiger partial charge in [-0.1, -0.05) is 42.5 Å². The summed E-state index contributed by atoms with van der Waals surface area (Å²) in [4.78, 5) is 13.7. The quantitative estimate of drug-likeness (QED) is 0.746. The first-order valence-corrected chi connectivity index (χ1v) is 10.9.